The Morgan fingerprint density at radius 3 is 2.09 bits per heavy atom. The predicted octanol–water partition coefficient (Wildman–Crippen LogP) is 2.14. The summed E-state index contributed by atoms with van der Waals surface area (Å²) in [5, 5.41) is 2.85. The van der Waals surface area contributed by atoms with E-state index in [1.807, 2.05) is 60.7 Å². The number of benzene rings is 2. The molecule has 3 rings (SSSR count). The van der Waals surface area contributed by atoms with Crippen LogP contribution in [0.4, 0.5) is 0 Å². The van der Waals surface area contributed by atoms with Crippen molar-refractivity contribution in [2.75, 3.05) is 0 Å². The van der Waals surface area contributed by atoms with Gasteiger partial charge in [-0.2, -0.15) is 0 Å². The fourth-order valence-corrected chi connectivity index (χ4v) is 2.87. The largest absolute Gasteiger partial charge is 0.342 e. The Morgan fingerprint density at radius 1 is 0.913 bits per heavy atom. The van der Waals surface area contributed by atoms with Crippen LogP contribution < -0.4 is 5.32 Å². The van der Waals surface area contributed by atoms with Gasteiger partial charge >= 0.3 is 0 Å². The molecule has 2 amide bonds. The first kappa shape index (κ1) is 15.3. The zero-order chi connectivity index (χ0) is 16.2. The topological polar surface area (TPSA) is 49.4 Å². The lowest BCUT2D eigenvalue weighted by atomic mass is 10.00. The molecule has 118 valence electrons. The third-order valence-electron chi connectivity index (χ3n) is 4.22. The molecule has 2 aromatic carbocycles. The highest BCUT2D eigenvalue weighted by molar-refractivity contribution is 5.96. The number of nitrogens with zero attached hydrogens (tertiary/aromatic N) is 1. The Bertz CT molecular complexity index is 685. The average Bonchev–Trinajstić information content (AvgIpc) is 2.58. The lowest BCUT2D eigenvalue weighted by Crippen LogP contribution is -2.62. The molecular weight excluding hydrogens is 288 g/mol. The minimum atomic E-state index is -0.496. The van der Waals surface area contributed by atoms with Crippen LogP contribution in [-0.4, -0.2) is 28.8 Å². The summed E-state index contributed by atoms with van der Waals surface area (Å²) in [6.45, 7) is 2.23. The van der Waals surface area contributed by atoms with Crippen LogP contribution in [0.2, 0.25) is 0 Å². The van der Waals surface area contributed by atoms with E-state index in [-0.39, 0.29) is 11.8 Å². The molecule has 1 aliphatic heterocycles. The second-order valence-corrected chi connectivity index (χ2v) is 5.88. The number of hydrogen-bond donors (Lipinski definition) is 1. The summed E-state index contributed by atoms with van der Waals surface area (Å²) in [6.07, 6.45) is 0.517. The van der Waals surface area contributed by atoms with Crippen LogP contribution in [0.3, 0.4) is 0 Å². The predicted molar refractivity (Wildman–Crippen MR) is 88.5 cm³/mol. The molecule has 4 heteroatoms. The SMILES string of the molecule is C[C@H]1C(=O)N[C@@H](Cc2ccccc2)C(=O)N1Cc1ccccc1. The van der Waals surface area contributed by atoms with E-state index < -0.39 is 12.1 Å². The van der Waals surface area contributed by atoms with Gasteiger partial charge in [0.25, 0.3) is 0 Å². The number of nitrogens with one attached hydrogen (secondary N) is 1. The van der Waals surface area contributed by atoms with Crippen molar-refractivity contribution >= 4 is 11.8 Å². The molecule has 0 saturated carbocycles. The summed E-state index contributed by atoms with van der Waals surface area (Å²) in [5.41, 5.74) is 2.07. The van der Waals surface area contributed by atoms with Gasteiger partial charge in [0.1, 0.15) is 12.1 Å². The minimum absolute atomic E-state index is 0.0233. The highest BCUT2D eigenvalue weighted by atomic mass is 16.2. The molecule has 1 N–H and O–H groups in total. The molecule has 0 radical (unpaired) electrons. The van der Waals surface area contributed by atoms with Gasteiger partial charge in [0.05, 0.1) is 0 Å². The Labute approximate surface area is 136 Å². The first-order chi connectivity index (χ1) is 11.1. The minimum Gasteiger partial charge on any atom is -0.342 e. The molecule has 0 aromatic heterocycles. The smallest absolute Gasteiger partial charge is 0.246 e. The number of carbonyl (C=O) groups excluding carboxylic acids is 2. The summed E-state index contributed by atoms with van der Waals surface area (Å²) in [6, 6.07) is 18.6. The molecule has 2 aromatic rings. The van der Waals surface area contributed by atoms with Crippen molar-refractivity contribution in [2.24, 2.45) is 0 Å². The summed E-state index contributed by atoms with van der Waals surface area (Å²) < 4.78 is 0. The van der Waals surface area contributed by atoms with Crippen LogP contribution in [0.15, 0.2) is 60.7 Å². The van der Waals surface area contributed by atoms with Crippen molar-refractivity contribution in [3.63, 3.8) is 0 Å². The number of carbonyl (C=O) groups is 2. The van der Waals surface area contributed by atoms with Crippen LogP contribution in [-0.2, 0) is 22.6 Å². The molecule has 1 aliphatic rings. The summed E-state index contributed by atoms with van der Waals surface area (Å²) in [4.78, 5) is 26.7. The number of hydrogen-bond acceptors (Lipinski definition) is 2. The Hall–Kier alpha value is -2.62. The van der Waals surface area contributed by atoms with Crippen molar-refractivity contribution in [3.05, 3.63) is 71.8 Å². The van der Waals surface area contributed by atoms with Gasteiger partial charge < -0.3 is 10.2 Å². The summed E-state index contributed by atoms with van der Waals surface area (Å²) in [5.74, 6) is -0.119. The third kappa shape index (κ3) is 3.42. The van der Waals surface area contributed by atoms with E-state index in [0.29, 0.717) is 13.0 Å². The lowest BCUT2D eigenvalue weighted by molar-refractivity contribution is -0.149. The van der Waals surface area contributed by atoms with Gasteiger partial charge in [0.2, 0.25) is 11.8 Å². The highest BCUT2D eigenvalue weighted by Gasteiger charge is 2.37. The van der Waals surface area contributed by atoms with E-state index >= 15 is 0 Å². The van der Waals surface area contributed by atoms with Gasteiger partial charge in [0, 0.05) is 13.0 Å². The van der Waals surface area contributed by atoms with E-state index in [9.17, 15) is 9.59 Å². The van der Waals surface area contributed by atoms with Crippen molar-refractivity contribution in [1.82, 2.24) is 10.2 Å². The number of amides is 2. The van der Waals surface area contributed by atoms with Crippen molar-refractivity contribution in [2.45, 2.75) is 32.0 Å². The first-order valence-electron chi connectivity index (χ1n) is 7.84. The van der Waals surface area contributed by atoms with Crippen LogP contribution in [0.5, 0.6) is 0 Å². The zero-order valence-electron chi connectivity index (χ0n) is 13.1. The fraction of sp³-hybridized carbons (Fsp3) is 0.263. The Kier molecular flexibility index (Phi) is 4.42. The summed E-state index contributed by atoms with van der Waals surface area (Å²) in [7, 11) is 0. The first-order valence-corrected chi connectivity index (χ1v) is 7.84. The molecule has 0 aliphatic carbocycles. The lowest BCUT2D eigenvalue weighted by Gasteiger charge is -2.37. The molecule has 1 fully saturated rings. The van der Waals surface area contributed by atoms with E-state index in [4.69, 9.17) is 0 Å². The average molecular weight is 308 g/mol. The van der Waals surface area contributed by atoms with Crippen molar-refractivity contribution in [3.8, 4) is 0 Å². The molecule has 23 heavy (non-hydrogen) atoms. The molecule has 4 nitrogen and oxygen atoms in total. The van der Waals surface area contributed by atoms with Gasteiger partial charge in [-0.3, -0.25) is 9.59 Å². The number of piperazine rings is 1. The van der Waals surface area contributed by atoms with Crippen molar-refractivity contribution < 1.29 is 9.59 Å². The van der Waals surface area contributed by atoms with Crippen LogP contribution in [0, 0.1) is 0 Å². The Morgan fingerprint density at radius 2 is 1.48 bits per heavy atom. The fourth-order valence-electron chi connectivity index (χ4n) is 2.87. The van der Waals surface area contributed by atoms with Gasteiger partial charge in [-0.15, -0.1) is 0 Å². The van der Waals surface area contributed by atoms with Crippen LogP contribution in [0.25, 0.3) is 0 Å². The number of rotatable bonds is 4. The molecule has 0 spiro atoms. The third-order valence-corrected chi connectivity index (χ3v) is 4.22. The quantitative estimate of drug-likeness (QED) is 0.941. The van der Waals surface area contributed by atoms with Gasteiger partial charge in [-0.25, -0.2) is 0 Å². The van der Waals surface area contributed by atoms with E-state index in [2.05, 4.69) is 5.32 Å². The maximum atomic E-state index is 12.8. The van der Waals surface area contributed by atoms with Gasteiger partial charge in [0.15, 0.2) is 0 Å². The maximum absolute atomic E-state index is 12.8. The highest BCUT2D eigenvalue weighted by Crippen LogP contribution is 2.17. The second-order valence-electron chi connectivity index (χ2n) is 5.88. The molecule has 2 atom stereocenters. The van der Waals surface area contributed by atoms with Crippen molar-refractivity contribution in [1.29, 1.82) is 0 Å². The normalized spacial score (nSPS) is 21.2. The van der Waals surface area contributed by atoms with Crippen LogP contribution >= 0.6 is 0 Å². The standard InChI is InChI=1S/C19H20N2O2/c1-14-18(22)20-17(12-15-8-4-2-5-9-15)19(23)21(14)13-16-10-6-3-7-11-16/h2-11,14,17H,12-13H2,1H3,(H,20,22)/t14-,17-/m0/s1. The Balaban J connectivity index is 1.78. The van der Waals surface area contributed by atoms with E-state index in [1.54, 1.807) is 11.8 Å². The zero-order valence-corrected chi connectivity index (χ0v) is 13.1. The molecule has 0 bridgehead atoms. The molecule has 0 unspecified atom stereocenters. The molecule has 1 heterocycles. The summed E-state index contributed by atoms with van der Waals surface area (Å²) >= 11 is 0. The van der Waals surface area contributed by atoms with Crippen LogP contribution in [0.1, 0.15) is 18.1 Å². The van der Waals surface area contributed by atoms with E-state index in [1.165, 1.54) is 0 Å². The van der Waals surface area contributed by atoms with Gasteiger partial charge in [-0.05, 0) is 18.1 Å². The second kappa shape index (κ2) is 6.65. The van der Waals surface area contributed by atoms with Gasteiger partial charge in [-0.1, -0.05) is 60.7 Å². The monoisotopic (exact) mass is 308 g/mol. The molecule has 1 saturated heterocycles. The molecular formula is C19H20N2O2. The van der Waals surface area contributed by atoms with E-state index in [0.717, 1.165) is 11.1 Å². The maximum Gasteiger partial charge on any atom is 0.246 e.